The number of hydrogen-bond acceptors (Lipinski definition) is 3. The number of hydrogen-bond donors (Lipinski definition) is 1. The standard InChI is InChI=1S/C15H15Cl2N3/c16-9-6-7-12(17)11(8-9)15-19-13-5-3-1-2-4-10(13)14(18)20-15/h6-8H,1-5H2,(H2,18,19,20). The van der Waals surface area contributed by atoms with Gasteiger partial charge < -0.3 is 5.73 Å². The fourth-order valence-electron chi connectivity index (χ4n) is 2.59. The molecule has 0 amide bonds. The van der Waals surface area contributed by atoms with Gasteiger partial charge in [-0.1, -0.05) is 29.6 Å². The topological polar surface area (TPSA) is 51.8 Å². The van der Waals surface area contributed by atoms with Crippen molar-refractivity contribution >= 4 is 29.0 Å². The molecule has 0 spiro atoms. The largest absolute Gasteiger partial charge is 0.383 e. The smallest absolute Gasteiger partial charge is 0.163 e. The monoisotopic (exact) mass is 307 g/mol. The van der Waals surface area contributed by atoms with Gasteiger partial charge in [0.05, 0.1) is 5.02 Å². The van der Waals surface area contributed by atoms with Crippen LogP contribution in [0.25, 0.3) is 11.4 Å². The first-order valence-electron chi connectivity index (χ1n) is 6.76. The Labute approximate surface area is 128 Å². The van der Waals surface area contributed by atoms with Gasteiger partial charge >= 0.3 is 0 Å². The minimum atomic E-state index is 0.565. The second kappa shape index (κ2) is 5.58. The highest BCUT2D eigenvalue weighted by Crippen LogP contribution is 2.31. The van der Waals surface area contributed by atoms with Crippen LogP contribution in [-0.4, -0.2) is 9.97 Å². The first-order valence-corrected chi connectivity index (χ1v) is 7.51. The molecule has 1 aromatic carbocycles. The third-order valence-electron chi connectivity index (χ3n) is 3.63. The molecule has 1 aromatic heterocycles. The Morgan fingerprint density at radius 3 is 2.65 bits per heavy atom. The molecule has 3 rings (SSSR count). The Bertz CT molecular complexity index is 656. The molecule has 5 heteroatoms. The normalized spacial score (nSPS) is 14.7. The van der Waals surface area contributed by atoms with Crippen molar-refractivity contribution in [1.29, 1.82) is 0 Å². The van der Waals surface area contributed by atoms with Crippen LogP contribution < -0.4 is 5.73 Å². The van der Waals surface area contributed by atoms with E-state index in [1.165, 1.54) is 6.42 Å². The lowest BCUT2D eigenvalue weighted by atomic mass is 10.1. The number of nitrogen functional groups attached to an aromatic ring is 1. The Morgan fingerprint density at radius 2 is 1.80 bits per heavy atom. The minimum Gasteiger partial charge on any atom is -0.383 e. The Balaban J connectivity index is 2.13. The maximum absolute atomic E-state index is 6.22. The van der Waals surface area contributed by atoms with Gasteiger partial charge in [-0.3, -0.25) is 0 Å². The fourth-order valence-corrected chi connectivity index (χ4v) is 2.96. The maximum atomic E-state index is 6.22. The van der Waals surface area contributed by atoms with Crippen LogP contribution in [0.3, 0.4) is 0 Å². The third-order valence-corrected chi connectivity index (χ3v) is 4.20. The highest BCUT2D eigenvalue weighted by Gasteiger charge is 2.17. The van der Waals surface area contributed by atoms with Gasteiger partial charge in [0, 0.05) is 21.8 Å². The van der Waals surface area contributed by atoms with Gasteiger partial charge in [-0.15, -0.1) is 0 Å². The summed E-state index contributed by atoms with van der Waals surface area (Å²) in [6, 6.07) is 5.28. The summed E-state index contributed by atoms with van der Waals surface area (Å²) in [5.74, 6) is 1.14. The molecule has 3 nitrogen and oxygen atoms in total. The Kier molecular flexibility index (Phi) is 3.81. The second-order valence-corrected chi connectivity index (χ2v) is 5.89. The number of anilines is 1. The van der Waals surface area contributed by atoms with E-state index in [-0.39, 0.29) is 0 Å². The van der Waals surface area contributed by atoms with Crippen LogP contribution in [0.1, 0.15) is 30.5 Å². The summed E-state index contributed by atoms with van der Waals surface area (Å²) in [7, 11) is 0. The van der Waals surface area contributed by atoms with Gasteiger partial charge in [0.1, 0.15) is 5.82 Å². The van der Waals surface area contributed by atoms with Crippen molar-refractivity contribution < 1.29 is 0 Å². The summed E-state index contributed by atoms with van der Waals surface area (Å²) in [6.07, 6.45) is 5.42. The molecule has 2 N–H and O–H groups in total. The number of halogens is 2. The van der Waals surface area contributed by atoms with Crippen molar-refractivity contribution in [3.63, 3.8) is 0 Å². The zero-order chi connectivity index (χ0) is 14.1. The van der Waals surface area contributed by atoms with Crippen LogP contribution in [0, 0.1) is 0 Å². The molecule has 0 fully saturated rings. The lowest BCUT2D eigenvalue weighted by molar-refractivity contribution is 0.709. The van der Waals surface area contributed by atoms with Gasteiger partial charge in [-0.2, -0.15) is 0 Å². The van der Waals surface area contributed by atoms with Gasteiger partial charge in [-0.25, -0.2) is 9.97 Å². The molecule has 2 aromatic rings. The highest BCUT2D eigenvalue weighted by atomic mass is 35.5. The molecule has 0 saturated heterocycles. The molecule has 1 aliphatic carbocycles. The minimum absolute atomic E-state index is 0.565. The molecule has 1 heterocycles. The SMILES string of the molecule is Nc1nc(-c2cc(Cl)ccc2Cl)nc2c1CCCCC2. The van der Waals surface area contributed by atoms with E-state index in [2.05, 4.69) is 9.97 Å². The highest BCUT2D eigenvalue weighted by molar-refractivity contribution is 6.35. The van der Waals surface area contributed by atoms with Crippen molar-refractivity contribution in [1.82, 2.24) is 9.97 Å². The summed E-state index contributed by atoms with van der Waals surface area (Å²) < 4.78 is 0. The van der Waals surface area contributed by atoms with Crippen LogP contribution in [-0.2, 0) is 12.8 Å². The number of benzene rings is 1. The first-order chi connectivity index (χ1) is 9.65. The molecule has 0 bridgehead atoms. The summed E-state index contributed by atoms with van der Waals surface area (Å²) in [4.78, 5) is 9.10. The molecule has 1 aliphatic rings. The van der Waals surface area contributed by atoms with Crippen LogP contribution in [0.5, 0.6) is 0 Å². The average molecular weight is 308 g/mol. The lowest BCUT2D eigenvalue weighted by Gasteiger charge is -2.11. The summed E-state index contributed by atoms with van der Waals surface area (Å²) in [5, 5.41) is 1.20. The van der Waals surface area contributed by atoms with Gasteiger partial charge in [0.25, 0.3) is 0 Å². The third kappa shape index (κ3) is 2.60. The molecule has 0 saturated carbocycles. The molecule has 104 valence electrons. The average Bonchev–Trinajstić information content (AvgIpc) is 2.67. The van der Waals surface area contributed by atoms with Crippen molar-refractivity contribution in [2.24, 2.45) is 0 Å². The maximum Gasteiger partial charge on any atom is 0.163 e. The van der Waals surface area contributed by atoms with E-state index in [1.54, 1.807) is 18.2 Å². The predicted molar refractivity (Wildman–Crippen MR) is 83.2 cm³/mol. The number of nitrogens with two attached hydrogens (primary N) is 1. The number of rotatable bonds is 1. The number of nitrogens with zero attached hydrogens (tertiary/aromatic N) is 2. The summed E-state index contributed by atoms with van der Waals surface area (Å²) in [5.41, 5.74) is 9.00. The predicted octanol–water partition coefficient (Wildman–Crippen LogP) is 4.30. The zero-order valence-corrected chi connectivity index (χ0v) is 12.5. The van der Waals surface area contributed by atoms with Gasteiger partial charge in [0.2, 0.25) is 0 Å². The number of aryl methyl sites for hydroxylation is 1. The van der Waals surface area contributed by atoms with E-state index in [4.69, 9.17) is 28.9 Å². The van der Waals surface area contributed by atoms with Crippen molar-refractivity contribution in [2.45, 2.75) is 32.1 Å². The zero-order valence-electron chi connectivity index (χ0n) is 11.0. The summed E-state index contributed by atoms with van der Waals surface area (Å²) in [6.45, 7) is 0. The van der Waals surface area contributed by atoms with E-state index < -0.39 is 0 Å². The summed E-state index contributed by atoms with van der Waals surface area (Å²) >= 11 is 12.2. The van der Waals surface area contributed by atoms with E-state index in [1.807, 2.05) is 0 Å². The quantitative estimate of drug-likeness (QED) is 0.799. The van der Waals surface area contributed by atoms with Crippen LogP contribution >= 0.6 is 23.2 Å². The first kappa shape index (κ1) is 13.7. The van der Waals surface area contributed by atoms with Crippen LogP contribution in [0.4, 0.5) is 5.82 Å². The number of aromatic nitrogens is 2. The van der Waals surface area contributed by atoms with E-state index in [9.17, 15) is 0 Å². The van der Waals surface area contributed by atoms with Crippen molar-refractivity contribution in [3.05, 3.63) is 39.5 Å². The molecule has 20 heavy (non-hydrogen) atoms. The molecular formula is C15H15Cl2N3. The van der Waals surface area contributed by atoms with E-state index in [0.717, 1.165) is 42.5 Å². The van der Waals surface area contributed by atoms with Gasteiger partial charge in [-0.05, 0) is 43.9 Å². The molecule has 0 radical (unpaired) electrons. The van der Waals surface area contributed by atoms with Crippen molar-refractivity contribution in [3.8, 4) is 11.4 Å². The van der Waals surface area contributed by atoms with Crippen molar-refractivity contribution in [2.75, 3.05) is 5.73 Å². The Morgan fingerprint density at radius 1 is 1.00 bits per heavy atom. The molecule has 0 atom stereocenters. The second-order valence-electron chi connectivity index (χ2n) is 5.04. The Hall–Kier alpha value is -1.32. The van der Waals surface area contributed by atoms with Gasteiger partial charge in [0.15, 0.2) is 5.82 Å². The molecular weight excluding hydrogens is 293 g/mol. The fraction of sp³-hybridized carbons (Fsp3) is 0.333. The number of fused-ring (bicyclic) bond motifs is 1. The van der Waals surface area contributed by atoms with E-state index >= 15 is 0 Å². The lowest BCUT2D eigenvalue weighted by Crippen LogP contribution is -2.06. The van der Waals surface area contributed by atoms with Crippen LogP contribution in [0.2, 0.25) is 10.0 Å². The van der Waals surface area contributed by atoms with E-state index in [0.29, 0.717) is 21.7 Å². The van der Waals surface area contributed by atoms with Crippen LogP contribution in [0.15, 0.2) is 18.2 Å². The molecule has 0 unspecified atom stereocenters. The molecule has 0 aliphatic heterocycles.